The Labute approximate surface area is 118 Å². The zero-order valence-electron chi connectivity index (χ0n) is 13.0. The summed E-state index contributed by atoms with van der Waals surface area (Å²) in [6.07, 6.45) is 8.15. The highest BCUT2D eigenvalue weighted by Gasteiger charge is 2.50. The Morgan fingerprint density at radius 3 is 2.26 bits per heavy atom. The monoisotopic (exact) mass is 268 g/mol. The Morgan fingerprint density at radius 1 is 1.21 bits per heavy atom. The lowest BCUT2D eigenvalue weighted by Crippen LogP contribution is -2.62. The van der Waals surface area contributed by atoms with E-state index in [4.69, 9.17) is 10.5 Å². The maximum absolute atomic E-state index is 6.26. The molecule has 3 nitrogen and oxygen atoms in total. The minimum absolute atomic E-state index is 0.105. The smallest absolute Gasteiger partial charge is 0.0661 e. The van der Waals surface area contributed by atoms with Gasteiger partial charge in [-0.1, -0.05) is 26.7 Å². The van der Waals surface area contributed by atoms with E-state index in [1.54, 1.807) is 0 Å². The van der Waals surface area contributed by atoms with Crippen LogP contribution >= 0.6 is 0 Å². The van der Waals surface area contributed by atoms with E-state index in [0.717, 1.165) is 25.1 Å². The summed E-state index contributed by atoms with van der Waals surface area (Å²) >= 11 is 0. The molecule has 0 heterocycles. The van der Waals surface area contributed by atoms with Gasteiger partial charge in [0.05, 0.1) is 12.1 Å². The zero-order valence-corrected chi connectivity index (χ0v) is 13.0. The molecule has 0 spiro atoms. The van der Waals surface area contributed by atoms with Gasteiger partial charge in [0.15, 0.2) is 0 Å². The van der Waals surface area contributed by atoms with Crippen molar-refractivity contribution in [3.63, 3.8) is 0 Å². The number of hydrogen-bond acceptors (Lipinski definition) is 3. The van der Waals surface area contributed by atoms with E-state index in [1.807, 2.05) is 7.11 Å². The van der Waals surface area contributed by atoms with Gasteiger partial charge in [-0.3, -0.25) is 4.90 Å². The lowest BCUT2D eigenvalue weighted by Gasteiger charge is -2.47. The SMILES string of the molecule is COCC(CN)(C1CC1)N(CC(C)C)C1CCCC1. The average molecular weight is 268 g/mol. The molecular formula is C16H32N2O. The van der Waals surface area contributed by atoms with Crippen LogP contribution in [0.1, 0.15) is 52.4 Å². The topological polar surface area (TPSA) is 38.5 Å². The number of ether oxygens (including phenoxy) is 1. The summed E-state index contributed by atoms with van der Waals surface area (Å²) in [5.41, 5.74) is 6.36. The fourth-order valence-corrected chi connectivity index (χ4v) is 3.95. The molecule has 1 atom stereocenters. The molecule has 2 N–H and O–H groups in total. The van der Waals surface area contributed by atoms with E-state index in [9.17, 15) is 0 Å². The van der Waals surface area contributed by atoms with Gasteiger partial charge in [-0.2, -0.15) is 0 Å². The third kappa shape index (κ3) is 3.32. The van der Waals surface area contributed by atoms with E-state index in [-0.39, 0.29) is 5.54 Å². The van der Waals surface area contributed by atoms with Crippen LogP contribution < -0.4 is 5.73 Å². The summed E-state index contributed by atoms with van der Waals surface area (Å²) in [6.45, 7) is 7.36. The van der Waals surface area contributed by atoms with Crippen molar-refractivity contribution in [2.24, 2.45) is 17.6 Å². The first-order chi connectivity index (χ1) is 9.14. The minimum Gasteiger partial charge on any atom is -0.383 e. The van der Waals surface area contributed by atoms with Crippen molar-refractivity contribution in [3.8, 4) is 0 Å². The molecule has 2 aliphatic rings. The third-order valence-corrected chi connectivity index (χ3v) is 4.98. The Hall–Kier alpha value is -0.120. The highest BCUT2D eigenvalue weighted by molar-refractivity contribution is 5.06. The fraction of sp³-hybridized carbons (Fsp3) is 1.00. The molecule has 2 aliphatic carbocycles. The Morgan fingerprint density at radius 2 is 1.84 bits per heavy atom. The van der Waals surface area contributed by atoms with Gasteiger partial charge in [0.1, 0.15) is 0 Å². The van der Waals surface area contributed by atoms with Crippen molar-refractivity contribution in [1.29, 1.82) is 0 Å². The fourth-order valence-electron chi connectivity index (χ4n) is 3.95. The molecule has 0 aliphatic heterocycles. The number of rotatable bonds is 8. The molecule has 0 aromatic heterocycles. The second-order valence-corrected chi connectivity index (χ2v) is 7.00. The maximum Gasteiger partial charge on any atom is 0.0661 e. The predicted octanol–water partition coefficient (Wildman–Crippen LogP) is 2.64. The van der Waals surface area contributed by atoms with Crippen LogP contribution in [-0.4, -0.2) is 43.3 Å². The molecule has 2 rings (SSSR count). The molecule has 0 radical (unpaired) electrons. The largest absolute Gasteiger partial charge is 0.383 e. The van der Waals surface area contributed by atoms with Crippen molar-refractivity contribution >= 4 is 0 Å². The number of methoxy groups -OCH3 is 1. The molecule has 0 amide bonds. The first-order valence-corrected chi connectivity index (χ1v) is 8.09. The molecular weight excluding hydrogens is 236 g/mol. The van der Waals surface area contributed by atoms with Crippen molar-refractivity contribution in [2.75, 3.05) is 26.8 Å². The molecule has 112 valence electrons. The average Bonchev–Trinajstić information content (AvgIpc) is 3.09. The lowest BCUT2D eigenvalue weighted by molar-refractivity contribution is -0.0321. The summed E-state index contributed by atoms with van der Waals surface area (Å²) in [6, 6.07) is 0.738. The highest BCUT2D eigenvalue weighted by Crippen LogP contribution is 2.45. The van der Waals surface area contributed by atoms with Gasteiger partial charge in [0, 0.05) is 26.2 Å². The van der Waals surface area contributed by atoms with Crippen LogP contribution in [0.25, 0.3) is 0 Å². The first-order valence-electron chi connectivity index (χ1n) is 8.09. The van der Waals surface area contributed by atoms with Gasteiger partial charge in [0.25, 0.3) is 0 Å². The predicted molar refractivity (Wildman–Crippen MR) is 80.2 cm³/mol. The number of nitrogens with two attached hydrogens (primary N) is 1. The summed E-state index contributed by atoms with van der Waals surface area (Å²) in [5.74, 6) is 1.46. The van der Waals surface area contributed by atoms with Gasteiger partial charge >= 0.3 is 0 Å². The molecule has 1 unspecified atom stereocenters. The molecule has 0 bridgehead atoms. The quantitative estimate of drug-likeness (QED) is 0.735. The van der Waals surface area contributed by atoms with Gasteiger partial charge in [0.2, 0.25) is 0 Å². The lowest BCUT2D eigenvalue weighted by atomic mass is 9.88. The van der Waals surface area contributed by atoms with E-state index >= 15 is 0 Å². The van der Waals surface area contributed by atoms with Crippen LogP contribution in [0.3, 0.4) is 0 Å². The van der Waals surface area contributed by atoms with E-state index in [1.165, 1.54) is 45.1 Å². The zero-order chi connectivity index (χ0) is 13.9. The van der Waals surface area contributed by atoms with Crippen LogP contribution in [-0.2, 0) is 4.74 Å². The molecule has 19 heavy (non-hydrogen) atoms. The second-order valence-electron chi connectivity index (χ2n) is 7.00. The third-order valence-electron chi connectivity index (χ3n) is 4.98. The molecule has 0 aromatic rings. The van der Waals surface area contributed by atoms with Gasteiger partial charge in [-0.15, -0.1) is 0 Å². The molecule has 2 saturated carbocycles. The van der Waals surface area contributed by atoms with Crippen molar-refractivity contribution in [2.45, 2.75) is 64.0 Å². The summed E-state index contributed by atoms with van der Waals surface area (Å²) in [7, 11) is 1.83. The first kappa shape index (κ1) is 15.3. The maximum atomic E-state index is 6.26. The standard InChI is InChI=1S/C16H32N2O/c1-13(2)10-18(15-6-4-5-7-15)16(11-17,12-19-3)14-8-9-14/h13-15H,4-12,17H2,1-3H3. The summed E-state index contributed by atoms with van der Waals surface area (Å²) in [4.78, 5) is 2.76. The molecule has 0 saturated heterocycles. The molecule has 3 heteroatoms. The van der Waals surface area contributed by atoms with E-state index in [0.29, 0.717) is 5.92 Å². The van der Waals surface area contributed by atoms with Crippen molar-refractivity contribution in [1.82, 2.24) is 4.90 Å². The van der Waals surface area contributed by atoms with Crippen LogP contribution in [0.15, 0.2) is 0 Å². The molecule has 2 fully saturated rings. The van der Waals surface area contributed by atoms with Crippen LogP contribution in [0.5, 0.6) is 0 Å². The van der Waals surface area contributed by atoms with Gasteiger partial charge < -0.3 is 10.5 Å². The second kappa shape index (κ2) is 6.55. The van der Waals surface area contributed by atoms with Crippen molar-refractivity contribution < 1.29 is 4.74 Å². The van der Waals surface area contributed by atoms with Crippen molar-refractivity contribution in [3.05, 3.63) is 0 Å². The number of hydrogen-bond donors (Lipinski definition) is 1. The van der Waals surface area contributed by atoms with Crippen LogP contribution in [0.4, 0.5) is 0 Å². The highest BCUT2D eigenvalue weighted by atomic mass is 16.5. The Bertz CT molecular complexity index is 272. The Balaban J connectivity index is 2.20. The summed E-state index contributed by atoms with van der Waals surface area (Å²) < 4.78 is 5.60. The van der Waals surface area contributed by atoms with Gasteiger partial charge in [-0.05, 0) is 37.5 Å². The number of nitrogens with zero attached hydrogens (tertiary/aromatic N) is 1. The Kier molecular flexibility index (Phi) is 5.27. The summed E-state index contributed by atoms with van der Waals surface area (Å²) in [5, 5.41) is 0. The van der Waals surface area contributed by atoms with E-state index < -0.39 is 0 Å². The normalized spacial score (nSPS) is 24.3. The van der Waals surface area contributed by atoms with Gasteiger partial charge in [-0.25, -0.2) is 0 Å². The molecule has 0 aromatic carbocycles. The van der Waals surface area contributed by atoms with Crippen LogP contribution in [0.2, 0.25) is 0 Å². The van der Waals surface area contributed by atoms with E-state index in [2.05, 4.69) is 18.7 Å². The minimum atomic E-state index is 0.105. The van der Waals surface area contributed by atoms with Crippen LogP contribution in [0, 0.1) is 11.8 Å².